The lowest BCUT2D eigenvalue weighted by atomic mass is 10.1. The number of hydrogen-bond acceptors (Lipinski definition) is 4. The minimum Gasteiger partial charge on any atom is -0.463 e. The summed E-state index contributed by atoms with van der Waals surface area (Å²) in [6.45, 7) is 3.92. The van der Waals surface area contributed by atoms with Crippen molar-refractivity contribution in [2.24, 2.45) is 0 Å². The zero-order chi connectivity index (χ0) is 17.7. The predicted molar refractivity (Wildman–Crippen MR) is 83.0 cm³/mol. The van der Waals surface area contributed by atoms with Crippen molar-refractivity contribution in [3.63, 3.8) is 0 Å². The Morgan fingerprint density at radius 2 is 2.12 bits per heavy atom. The average molecular weight is 339 g/mol. The van der Waals surface area contributed by atoms with E-state index in [1.807, 2.05) is 0 Å². The predicted octanol–water partition coefficient (Wildman–Crippen LogP) is 1.75. The van der Waals surface area contributed by atoms with Gasteiger partial charge in [0.15, 0.2) is 11.6 Å². The summed E-state index contributed by atoms with van der Waals surface area (Å²) in [5.41, 5.74) is 1.26. The Hall–Kier alpha value is -2.48. The van der Waals surface area contributed by atoms with Crippen molar-refractivity contribution in [3.8, 4) is 0 Å². The van der Waals surface area contributed by atoms with Gasteiger partial charge < -0.3 is 20.7 Å². The van der Waals surface area contributed by atoms with Crippen molar-refractivity contribution in [2.75, 3.05) is 19.7 Å². The van der Waals surface area contributed by atoms with Crippen LogP contribution in [0.4, 0.5) is 13.6 Å². The fourth-order valence-corrected chi connectivity index (χ4v) is 2.25. The molecule has 3 N–H and O–H groups in total. The number of amides is 2. The molecule has 6 nitrogen and oxygen atoms in total. The molecule has 1 atom stereocenters. The Morgan fingerprint density at radius 3 is 2.79 bits per heavy atom. The molecule has 0 fully saturated rings. The molecule has 0 radical (unpaired) electrons. The van der Waals surface area contributed by atoms with E-state index in [-0.39, 0.29) is 25.7 Å². The lowest BCUT2D eigenvalue weighted by Gasteiger charge is -2.23. The molecule has 0 saturated carbocycles. The van der Waals surface area contributed by atoms with E-state index in [0.29, 0.717) is 16.8 Å². The summed E-state index contributed by atoms with van der Waals surface area (Å²) >= 11 is 0. The molecule has 130 valence electrons. The molecule has 1 aromatic carbocycles. The number of rotatable bonds is 6. The average Bonchev–Trinajstić information content (AvgIpc) is 2.55. The first-order chi connectivity index (χ1) is 11.4. The first kappa shape index (κ1) is 17.9. The molecule has 1 heterocycles. The molecule has 0 bridgehead atoms. The highest BCUT2D eigenvalue weighted by atomic mass is 19.2. The van der Waals surface area contributed by atoms with E-state index in [0.717, 1.165) is 12.1 Å². The molecule has 0 saturated heterocycles. The van der Waals surface area contributed by atoms with Crippen LogP contribution in [0.1, 0.15) is 25.5 Å². The molecule has 8 heteroatoms. The number of benzene rings is 1. The molecule has 2 rings (SSSR count). The van der Waals surface area contributed by atoms with Crippen LogP contribution in [0, 0.1) is 11.6 Å². The Morgan fingerprint density at radius 1 is 1.38 bits per heavy atom. The molecule has 0 aromatic heterocycles. The second-order valence-corrected chi connectivity index (χ2v) is 5.26. The first-order valence-corrected chi connectivity index (χ1v) is 7.54. The third-order valence-corrected chi connectivity index (χ3v) is 3.60. The van der Waals surface area contributed by atoms with Crippen LogP contribution in [0.3, 0.4) is 0 Å². The fourth-order valence-electron chi connectivity index (χ4n) is 2.25. The number of ether oxygens (including phenoxy) is 1. The molecule has 1 aromatic rings. The molecule has 2 amide bonds. The number of urea groups is 1. The van der Waals surface area contributed by atoms with Crippen LogP contribution in [0.5, 0.6) is 0 Å². The topological polar surface area (TPSA) is 79.5 Å². The van der Waals surface area contributed by atoms with Gasteiger partial charge in [0.25, 0.3) is 0 Å². The van der Waals surface area contributed by atoms with E-state index >= 15 is 0 Å². The Bertz CT molecular complexity index is 677. The highest BCUT2D eigenvalue weighted by molar-refractivity contribution is 5.93. The van der Waals surface area contributed by atoms with Crippen LogP contribution in [0.25, 0.3) is 0 Å². The van der Waals surface area contributed by atoms with Crippen LogP contribution >= 0.6 is 0 Å². The molecule has 0 unspecified atom stereocenters. The van der Waals surface area contributed by atoms with E-state index in [1.54, 1.807) is 13.8 Å². The van der Waals surface area contributed by atoms with Gasteiger partial charge in [-0.1, -0.05) is 6.07 Å². The van der Waals surface area contributed by atoms with Gasteiger partial charge in [-0.25, -0.2) is 18.4 Å². The van der Waals surface area contributed by atoms with Gasteiger partial charge in [-0.05, 0) is 31.5 Å². The summed E-state index contributed by atoms with van der Waals surface area (Å²) in [5, 5.41) is 8.14. The zero-order valence-corrected chi connectivity index (χ0v) is 13.4. The Kier molecular flexibility index (Phi) is 5.86. The van der Waals surface area contributed by atoms with E-state index in [1.165, 1.54) is 6.07 Å². The number of carbonyl (C=O) groups is 2. The quantitative estimate of drug-likeness (QED) is 0.690. The lowest BCUT2D eigenvalue weighted by Crippen LogP contribution is -2.46. The fraction of sp³-hybridized carbons (Fsp3) is 0.375. The minimum atomic E-state index is -0.928. The molecular formula is C16H19F2N3O3. The van der Waals surface area contributed by atoms with Crippen LogP contribution in [0.15, 0.2) is 29.5 Å². The number of halogens is 2. The summed E-state index contributed by atoms with van der Waals surface area (Å²) in [4.78, 5) is 23.4. The smallest absolute Gasteiger partial charge is 0.337 e. The van der Waals surface area contributed by atoms with Crippen LogP contribution < -0.4 is 16.0 Å². The number of carbonyl (C=O) groups excluding carboxylic acids is 2. The van der Waals surface area contributed by atoms with Crippen molar-refractivity contribution >= 4 is 12.0 Å². The third-order valence-electron chi connectivity index (χ3n) is 3.60. The van der Waals surface area contributed by atoms with E-state index in [4.69, 9.17) is 4.74 Å². The van der Waals surface area contributed by atoms with Crippen molar-refractivity contribution in [1.82, 2.24) is 16.0 Å². The molecular weight excluding hydrogens is 320 g/mol. The summed E-state index contributed by atoms with van der Waals surface area (Å²) in [6.07, 6.45) is 0. The largest absolute Gasteiger partial charge is 0.463 e. The highest BCUT2D eigenvalue weighted by Gasteiger charge is 2.23. The second kappa shape index (κ2) is 7.87. The van der Waals surface area contributed by atoms with Crippen LogP contribution in [-0.4, -0.2) is 31.7 Å². The van der Waals surface area contributed by atoms with Gasteiger partial charge in [0, 0.05) is 18.3 Å². The second-order valence-electron chi connectivity index (χ2n) is 5.26. The summed E-state index contributed by atoms with van der Waals surface area (Å²) in [5.74, 6) is -2.35. The van der Waals surface area contributed by atoms with Gasteiger partial charge >= 0.3 is 12.0 Å². The molecule has 0 aliphatic carbocycles. The Balaban J connectivity index is 2.09. The van der Waals surface area contributed by atoms with E-state index in [2.05, 4.69) is 16.0 Å². The van der Waals surface area contributed by atoms with Crippen LogP contribution in [-0.2, 0) is 9.53 Å². The molecule has 1 aliphatic heterocycles. The van der Waals surface area contributed by atoms with Gasteiger partial charge in [-0.3, -0.25) is 0 Å². The first-order valence-electron chi connectivity index (χ1n) is 7.54. The molecule has 24 heavy (non-hydrogen) atoms. The van der Waals surface area contributed by atoms with Gasteiger partial charge in [-0.15, -0.1) is 0 Å². The summed E-state index contributed by atoms with van der Waals surface area (Å²) in [7, 11) is 0. The van der Waals surface area contributed by atoms with Crippen molar-refractivity contribution in [2.45, 2.75) is 19.9 Å². The number of esters is 1. The maximum absolute atomic E-state index is 13.3. The van der Waals surface area contributed by atoms with E-state index in [9.17, 15) is 18.4 Å². The summed E-state index contributed by atoms with van der Waals surface area (Å²) in [6, 6.07) is 2.90. The van der Waals surface area contributed by atoms with Crippen molar-refractivity contribution in [1.29, 1.82) is 0 Å². The maximum atomic E-state index is 13.3. The normalized spacial score (nSPS) is 15.6. The van der Waals surface area contributed by atoms with E-state index < -0.39 is 23.6 Å². The SMILES string of the molecule is CCOC(=O)C1=C(CN[C@@H](C)c2ccc(F)c(F)c2)NC(=O)NC1. The van der Waals surface area contributed by atoms with Gasteiger partial charge in [0.05, 0.1) is 18.7 Å². The Labute approximate surface area is 138 Å². The third kappa shape index (κ3) is 4.29. The monoisotopic (exact) mass is 339 g/mol. The van der Waals surface area contributed by atoms with Crippen molar-refractivity contribution in [3.05, 3.63) is 46.7 Å². The van der Waals surface area contributed by atoms with Gasteiger partial charge in [-0.2, -0.15) is 0 Å². The molecule has 0 spiro atoms. The zero-order valence-electron chi connectivity index (χ0n) is 13.4. The molecule has 1 aliphatic rings. The van der Waals surface area contributed by atoms with Crippen LogP contribution in [0.2, 0.25) is 0 Å². The van der Waals surface area contributed by atoms with Crippen molar-refractivity contribution < 1.29 is 23.1 Å². The van der Waals surface area contributed by atoms with Gasteiger partial charge in [0.1, 0.15) is 0 Å². The minimum absolute atomic E-state index is 0.0707. The number of hydrogen-bond donors (Lipinski definition) is 3. The standard InChI is InChI=1S/C16H19F2N3O3/c1-3-24-15(22)11-7-20-16(23)21-14(11)8-19-9(2)10-4-5-12(17)13(18)6-10/h4-6,9,19H,3,7-8H2,1-2H3,(H2,20,21,23)/t9-/m0/s1. The van der Waals surface area contributed by atoms with Gasteiger partial charge in [0.2, 0.25) is 0 Å². The maximum Gasteiger partial charge on any atom is 0.337 e. The highest BCUT2D eigenvalue weighted by Crippen LogP contribution is 2.16. The number of nitrogens with one attached hydrogen (secondary N) is 3. The summed E-state index contributed by atoms with van der Waals surface area (Å²) < 4.78 is 31.2. The lowest BCUT2D eigenvalue weighted by molar-refractivity contribution is -0.138.